The molecule has 1 aliphatic heterocycles. The van der Waals surface area contributed by atoms with Crippen molar-refractivity contribution >= 4 is 33.4 Å². The number of carbonyl (C=O) groups excluding carboxylic acids is 2. The van der Waals surface area contributed by atoms with Gasteiger partial charge in [-0.3, -0.25) is 9.59 Å². The average Bonchev–Trinajstić information content (AvgIpc) is 2.64. The summed E-state index contributed by atoms with van der Waals surface area (Å²) in [6, 6.07) is 4.33. The predicted molar refractivity (Wildman–Crippen MR) is 72.1 cm³/mol. The van der Waals surface area contributed by atoms with Gasteiger partial charge in [0.05, 0.1) is 5.69 Å². The second-order valence-corrected chi connectivity index (χ2v) is 5.62. The van der Waals surface area contributed by atoms with Crippen molar-refractivity contribution < 1.29 is 14.0 Å². The summed E-state index contributed by atoms with van der Waals surface area (Å²) >= 11 is 3.16. The molecule has 5 heteroatoms. The highest BCUT2D eigenvalue weighted by molar-refractivity contribution is 9.10. The third kappa shape index (κ3) is 1.92. The van der Waals surface area contributed by atoms with Crippen LogP contribution in [0.2, 0.25) is 0 Å². The van der Waals surface area contributed by atoms with Gasteiger partial charge in [-0.25, -0.2) is 9.29 Å². The minimum atomic E-state index is -0.573. The predicted octanol–water partition coefficient (Wildman–Crippen LogP) is 3.33. The van der Waals surface area contributed by atoms with Gasteiger partial charge in [-0.15, -0.1) is 0 Å². The Morgan fingerprint density at radius 2 is 1.63 bits per heavy atom. The molecule has 1 aromatic carbocycles. The summed E-state index contributed by atoms with van der Waals surface area (Å²) in [5.41, 5.74) is 1.17. The molecule has 0 aromatic heterocycles. The van der Waals surface area contributed by atoms with E-state index < -0.39 is 5.82 Å². The SMILES string of the molecule is O=C1C2=C(CCCC2)C(=O)N1c1ccc(Br)cc1F. The molecule has 2 amide bonds. The first-order chi connectivity index (χ1) is 9.09. The van der Waals surface area contributed by atoms with Crippen molar-refractivity contribution in [1.29, 1.82) is 0 Å². The van der Waals surface area contributed by atoms with Crippen LogP contribution in [-0.2, 0) is 9.59 Å². The average molecular weight is 324 g/mol. The van der Waals surface area contributed by atoms with Gasteiger partial charge in [-0.05, 0) is 43.9 Å². The molecule has 0 atom stereocenters. The number of nitrogens with zero attached hydrogens (tertiary/aromatic N) is 1. The van der Waals surface area contributed by atoms with Gasteiger partial charge < -0.3 is 0 Å². The lowest BCUT2D eigenvalue weighted by atomic mass is 9.93. The number of benzene rings is 1. The maximum Gasteiger partial charge on any atom is 0.261 e. The molecular formula is C14H11BrFNO2. The fraction of sp³-hybridized carbons (Fsp3) is 0.286. The van der Waals surface area contributed by atoms with Crippen molar-refractivity contribution in [1.82, 2.24) is 0 Å². The van der Waals surface area contributed by atoms with Gasteiger partial charge in [-0.2, -0.15) is 0 Å². The largest absolute Gasteiger partial charge is 0.269 e. The first-order valence-corrected chi connectivity index (χ1v) is 6.95. The molecule has 0 bridgehead atoms. The standard InChI is InChI=1S/C14H11BrFNO2/c15-8-5-6-12(11(16)7-8)17-13(18)9-3-1-2-4-10(9)14(17)19/h5-7H,1-4H2. The fourth-order valence-electron chi connectivity index (χ4n) is 2.62. The first-order valence-electron chi connectivity index (χ1n) is 6.15. The van der Waals surface area contributed by atoms with Crippen LogP contribution in [0.15, 0.2) is 33.8 Å². The van der Waals surface area contributed by atoms with Crippen LogP contribution in [-0.4, -0.2) is 11.8 Å². The van der Waals surface area contributed by atoms with Gasteiger partial charge in [0.2, 0.25) is 0 Å². The number of anilines is 1. The van der Waals surface area contributed by atoms with Crippen molar-refractivity contribution in [2.24, 2.45) is 0 Å². The lowest BCUT2D eigenvalue weighted by Gasteiger charge is -2.15. The molecule has 0 unspecified atom stereocenters. The fourth-order valence-corrected chi connectivity index (χ4v) is 2.95. The third-order valence-electron chi connectivity index (χ3n) is 3.54. The summed E-state index contributed by atoms with van der Waals surface area (Å²) in [5.74, 6) is -1.29. The molecule has 19 heavy (non-hydrogen) atoms. The van der Waals surface area contributed by atoms with Gasteiger partial charge in [0.1, 0.15) is 5.82 Å². The van der Waals surface area contributed by atoms with Crippen LogP contribution in [0.1, 0.15) is 25.7 Å². The van der Waals surface area contributed by atoms with E-state index in [1.807, 2.05) is 0 Å². The smallest absolute Gasteiger partial charge is 0.261 e. The van der Waals surface area contributed by atoms with E-state index in [0.717, 1.165) is 17.7 Å². The lowest BCUT2D eigenvalue weighted by Crippen LogP contribution is -2.32. The lowest BCUT2D eigenvalue weighted by molar-refractivity contribution is -0.120. The molecule has 2 aliphatic rings. The van der Waals surface area contributed by atoms with Gasteiger partial charge in [0, 0.05) is 15.6 Å². The maximum atomic E-state index is 13.9. The second kappa shape index (κ2) is 4.56. The van der Waals surface area contributed by atoms with Gasteiger partial charge >= 0.3 is 0 Å². The number of imide groups is 1. The van der Waals surface area contributed by atoms with Crippen molar-refractivity contribution in [2.75, 3.05) is 4.90 Å². The molecule has 98 valence electrons. The highest BCUT2D eigenvalue weighted by atomic mass is 79.9. The molecule has 1 heterocycles. The van der Waals surface area contributed by atoms with Crippen molar-refractivity contribution in [2.45, 2.75) is 25.7 Å². The second-order valence-electron chi connectivity index (χ2n) is 4.71. The Hall–Kier alpha value is -1.49. The zero-order valence-electron chi connectivity index (χ0n) is 10.1. The summed E-state index contributed by atoms with van der Waals surface area (Å²) in [5, 5.41) is 0. The maximum absolute atomic E-state index is 13.9. The molecule has 0 saturated carbocycles. The summed E-state index contributed by atoms with van der Waals surface area (Å²) in [6.45, 7) is 0. The molecule has 1 aliphatic carbocycles. The van der Waals surface area contributed by atoms with Crippen molar-refractivity contribution in [3.8, 4) is 0 Å². The van der Waals surface area contributed by atoms with E-state index in [1.54, 1.807) is 6.07 Å². The molecule has 3 nitrogen and oxygen atoms in total. The van der Waals surface area contributed by atoms with E-state index in [0.29, 0.717) is 28.5 Å². The van der Waals surface area contributed by atoms with Crippen LogP contribution in [0.5, 0.6) is 0 Å². The summed E-state index contributed by atoms with van der Waals surface area (Å²) in [7, 11) is 0. The summed E-state index contributed by atoms with van der Waals surface area (Å²) in [6.07, 6.45) is 3.06. The molecule has 0 fully saturated rings. The number of hydrogen-bond acceptors (Lipinski definition) is 2. The number of carbonyl (C=O) groups is 2. The van der Waals surface area contributed by atoms with Crippen LogP contribution in [0.25, 0.3) is 0 Å². The van der Waals surface area contributed by atoms with E-state index in [2.05, 4.69) is 15.9 Å². The Balaban J connectivity index is 2.04. The minimum absolute atomic E-state index is 0.0348. The highest BCUT2D eigenvalue weighted by Gasteiger charge is 2.40. The van der Waals surface area contributed by atoms with Crippen LogP contribution >= 0.6 is 15.9 Å². The number of hydrogen-bond donors (Lipinski definition) is 0. The zero-order valence-corrected chi connectivity index (χ0v) is 11.7. The monoisotopic (exact) mass is 323 g/mol. The van der Waals surface area contributed by atoms with Crippen LogP contribution in [0.4, 0.5) is 10.1 Å². The van der Waals surface area contributed by atoms with Gasteiger partial charge in [-0.1, -0.05) is 15.9 Å². The quantitative estimate of drug-likeness (QED) is 0.743. The zero-order chi connectivity index (χ0) is 13.6. The normalized spacial score (nSPS) is 19.2. The van der Waals surface area contributed by atoms with Crippen LogP contribution in [0, 0.1) is 5.82 Å². The Labute approximate surface area is 118 Å². The van der Waals surface area contributed by atoms with Crippen LogP contribution in [0.3, 0.4) is 0 Å². The van der Waals surface area contributed by atoms with E-state index in [4.69, 9.17) is 0 Å². The Kier molecular flexibility index (Phi) is 3.01. The Morgan fingerprint density at radius 3 is 2.16 bits per heavy atom. The Morgan fingerprint density at radius 1 is 1.05 bits per heavy atom. The van der Waals surface area contributed by atoms with Gasteiger partial charge in [0.25, 0.3) is 11.8 Å². The van der Waals surface area contributed by atoms with Gasteiger partial charge in [0.15, 0.2) is 0 Å². The molecule has 0 saturated heterocycles. The van der Waals surface area contributed by atoms with E-state index >= 15 is 0 Å². The van der Waals surface area contributed by atoms with Crippen molar-refractivity contribution in [3.05, 3.63) is 39.6 Å². The molecule has 3 rings (SSSR count). The summed E-state index contributed by atoms with van der Waals surface area (Å²) in [4.78, 5) is 25.5. The molecule has 0 radical (unpaired) electrons. The van der Waals surface area contributed by atoms with E-state index in [1.165, 1.54) is 12.1 Å². The Bertz CT molecular complexity index is 596. The molecule has 0 N–H and O–H groups in total. The first kappa shape index (κ1) is 12.5. The van der Waals surface area contributed by atoms with E-state index in [9.17, 15) is 14.0 Å². The molecule has 0 spiro atoms. The van der Waals surface area contributed by atoms with Crippen molar-refractivity contribution in [3.63, 3.8) is 0 Å². The summed E-state index contributed by atoms with van der Waals surface area (Å²) < 4.78 is 14.5. The number of rotatable bonds is 1. The topological polar surface area (TPSA) is 37.4 Å². The van der Waals surface area contributed by atoms with E-state index in [-0.39, 0.29) is 17.5 Å². The third-order valence-corrected chi connectivity index (χ3v) is 4.03. The number of amides is 2. The number of halogens is 2. The van der Waals surface area contributed by atoms with Crippen LogP contribution < -0.4 is 4.90 Å². The molecule has 1 aromatic rings. The minimum Gasteiger partial charge on any atom is -0.269 e. The molecular weight excluding hydrogens is 313 g/mol. The highest BCUT2D eigenvalue weighted by Crippen LogP contribution is 2.36.